The van der Waals surface area contributed by atoms with E-state index in [9.17, 15) is 22.8 Å². The Kier molecular flexibility index (Phi) is 13.1. The summed E-state index contributed by atoms with van der Waals surface area (Å²) in [6.45, 7) is 3.35. The second-order valence-electron chi connectivity index (χ2n) is 8.04. The number of carbonyl (C=O) groups excluding carboxylic acids is 3. The molecule has 0 saturated heterocycles. The minimum Gasteiger partial charge on any atom is -0.490 e. The molecule has 214 valence electrons. The zero-order chi connectivity index (χ0) is 29.2. The van der Waals surface area contributed by atoms with E-state index in [0.29, 0.717) is 15.7 Å². The van der Waals surface area contributed by atoms with Gasteiger partial charge >= 0.3 is 17.9 Å². The molecule has 0 aliphatic heterocycles. The van der Waals surface area contributed by atoms with Gasteiger partial charge in [-0.15, -0.1) is 11.6 Å². The second-order valence-corrected chi connectivity index (χ2v) is 11.5. The SMILES string of the molecule is CC(=O)OC[C@@H](COc1ccc(S(=O)(=O)c2cc(Cl)c(OC[C@H](CCl)OC(C)=O)c(CI)c2)cc1)OC(C)=O. The van der Waals surface area contributed by atoms with E-state index in [1.807, 2.05) is 0 Å². The van der Waals surface area contributed by atoms with Crippen molar-refractivity contribution in [1.82, 2.24) is 0 Å². The number of sulfone groups is 1. The molecule has 2 aromatic rings. The Hall–Kier alpha value is -2.29. The van der Waals surface area contributed by atoms with E-state index in [2.05, 4.69) is 22.6 Å². The van der Waals surface area contributed by atoms with Gasteiger partial charge in [-0.05, 0) is 36.4 Å². The lowest BCUT2D eigenvalue weighted by molar-refractivity contribution is -0.158. The van der Waals surface area contributed by atoms with Crippen molar-refractivity contribution in [2.45, 2.75) is 47.2 Å². The fourth-order valence-corrected chi connectivity index (χ4v) is 5.58. The van der Waals surface area contributed by atoms with E-state index in [0.717, 1.165) is 0 Å². The molecule has 0 saturated carbocycles. The maximum absolute atomic E-state index is 13.3. The highest BCUT2D eigenvalue weighted by atomic mass is 127. The van der Waals surface area contributed by atoms with Gasteiger partial charge in [-0.2, -0.15) is 0 Å². The molecule has 2 aromatic carbocycles. The number of hydrogen-bond donors (Lipinski definition) is 0. The molecule has 0 spiro atoms. The van der Waals surface area contributed by atoms with Crippen molar-refractivity contribution in [3.05, 3.63) is 47.0 Å². The molecule has 10 nitrogen and oxygen atoms in total. The molecule has 0 unspecified atom stereocenters. The third-order valence-corrected chi connectivity index (χ3v) is 8.04. The molecule has 0 fully saturated rings. The second kappa shape index (κ2) is 15.5. The summed E-state index contributed by atoms with van der Waals surface area (Å²) < 4.78 is 53.3. The minimum absolute atomic E-state index is 0.00694. The lowest BCUT2D eigenvalue weighted by Crippen LogP contribution is -2.29. The van der Waals surface area contributed by atoms with Crippen LogP contribution in [0.4, 0.5) is 0 Å². The number of hydrogen-bond acceptors (Lipinski definition) is 10. The van der Waals surface area contributed by atoms with Crippen LogP contribution in [-0.2, 0) is 42.9 Å². The summed E-state index contributed by atoms with van der Waals surface area (Å²) in [6.07, 6.45) is -1.53. The maximum atomic E-state index is 13.3. The third-order valence-electron chi connectivity index (χ3n) is 4.84. The number of carbonyl (C=O) groups is 3. The van der Waals surface area contributed by atoms with Crippen molar-refractivity contribution in [2.75, 3.05) is 25.7 Å². The van der Waals surface area contributed by atoms with E-state index in [4.69, 9.17) is 46.9 Å². The molecule has 0 aromatic heterocycles. The van der Waals surface area contributed by atoms with Crippen molar-refractivity contribution in [3.8, 4) is 11.5 Å². The topological polar surface area (TPSA) is 132 Å². The molecule has 0 aliphatic carbocycles. The Morgan fingerprint density at radius 1 is 0.846 bits per heavy atom. The number of rotatable bonds is 14. The molecule has 2 atom stereocenters. The van der Waals surface area contributed by atoms with E-state index in [-0.39, 0.29) is 46.3 Å². The van der Waals surface area contributed by atoms with Crippen LogP contribution < -0.4 is 9.47 Å². The van der Waals surface area contributed by atoms with Gasteiger partial charge in [0.25, 0.3) is 0 Å². The van der Waals surface area contributed by atoms with E-state index in [1.54, 1.807) is 0 Å². The van der Waals surface area contributed by atoms with Gasteiger partial charge in [0.2, 0.25) is 9.84 Å². The third kappa shape index (κ3) is 10.3. The molecule has 0 aliphatic rings. The summed E-state index contributed by atoms with van der Waals surface area (Å²) in [5.41, 5.74) is 0.530. The molecular formula is C25H27Cl2IO10S. The van der Waals surface area contributed by atoms with Crippen molar-refractivity contribution < 1.29 is 46.5 Å². The largest absolute Gasteiger partial charge is 0.490 e. The van der Waals surface area contributed by atoms with Crippen molar-refractivity contribution in [2.24, 2.45) is 0 Å². The van der Waals surface area contributed by atoms with Gasteiger partial charge in [-0.25, -0.2) is 8.42 Å². The lowest BCUT2D eigenvalue weighted by Gasteiger charge is -2.18. The molecule has 0 amide bonds. The first-order chi connectivity index (χ1) is 18.4. The molecule has 0 N–H and O–H groups in total. The molecule has 39 heavy (non-hydrogen) atoms. The number of alkyl halides is 2. The Morgan fingerprint density at radius 2 is 1.44 bits per heavy atom. The van der Waals surface area contributed by atoms with E-state index >= 15 is 0 Å². The summed E-state index contributed by atoms with van der Waals surface area (Å²) in [6, 6.07) is 8.38. The Balaban J connectivity index is 2.19. The zero-order valence-electron chi connectivity index (χ0n) is 21.3. The molecule has 0 bridgehead atoms. The van der Waals surface area contributed by atoms with Crippen molar-refractivity contribution >= 4 is 73.5 Å². The fraction of sp³-hybridized carbons (Fsp3) is 0.400. The Bertz CT molecular complexity index is 1270. The highest BCUT2D eigenvalue weighted by Crippen LogP contribution is 2.36. The molecule has 0 radical (unpaired) electrons. The zero-order valence-corrected chi connectivity index (χ0v) is 25.8. The van der Waals surface area contributed by atoms with E-state index in [1.165, 1.54) is 57.2 Å². The fourth-order valence-electron chi connectivity index (χ4n) is 3.16. The number of halogens is 3. The van der Waals surface area contributed by atoms with Gasteiger partial charge in [-0.1, -0.05) is 34.2 Å². The number of ether oxygens (including phenoxy) is 5. The number of esters is 3. The van der Waals surface area contributed by atoms with Crippen LogP contribution in [0.25, 0.3) is 0 Å². The van der Waals surface area contributed by atoms with Crippen molar-refractivity contribution in [1.29, 1.82) is 0 Å². The van der Waals surface area contributed by atoms with Crippen LogP contribution in [-0.4, -0.2) is 64.2 Å². The van der Waals surface area contributed by atoms with Gasteiger partial charge < -0.3 is 23.7 Å². The van der Waals surface area contributed by atoms with Crippen molar-refractivity contribution in [3.63, 3.8) is 0 Å². The summed E-state index contributed by atoms with van der Waals surface area (Å²) in [5, 5.41) is 0.0723. The summed E-state index contributed by atoms with van der Waals surface area (Å²) in [7, 11) is -3.96. The van der Waals surface area contributed by atoms with Gasteiger partial charge in [0.1, 0.15) is 37.4 Å². The van der Waals surface area contributed by atoms with Crippen LogP contribution in [0, 0.1) is 0 Å². The molecular weight excluding hydrogens is 690 g/mol. The summed E-state index contributed by atoms with van der Waals surface area (Å²) >= 11 is 14.3. The maximum Gasteiger partial charge on any atom is 0.303 e. The minimum atomic E-state index is -3.96. The van der Waals surface area contributed by atoms with Crippen LogP contribution >= 0.6 is 45.8 Å². The van der Waals surface area contributed by atoms with E-state index < -0.39 is 40.0 Å². The average Bonchev–Trinajstić information content (AvgIpc) is 2.87. The van der Waals surface area contributed by atoms with Gasteiger partial charge in [-0.3, -0.25) is 14.4 Å². The van der Waals surface area contributed by atoms with Crippen LogP contribution in [0.1, 0.15) is 26.3 Å². The highest BCUT2D eigenvalue weighted by Gasteiger charge is 2.23. The normalized spacial score (nSPS) is 12.7. The first-order valence-corrected chi connectivity index (χ1v) is 15.3. The van der Waals surface area contributed by atoms with Gasteiger partial charge in [0, 0.05) is 30.8 Å². The summed E-state index contributed by atoms with van der Waals surface area (Å²) in [4.78, 5) is 33.5. The monoisotopic (exact) mass is 716 g/mol. The van der Waals surface area contributed by atoms with Gasteiger partial charge in [0.15, 0.2) is 6.10 Å². The lowest BCUT2D eigenvalue weighted by atomic mass is 10.2. The number of benzene rings is 2. The smallest absolute Gasteiger partial charge is 0.303 e. The van der Waals surface area contributed by atoms with Crippen LogP contribution in [0.2, 0.25) is 5.02 Å². The Labute approximate surface area is 250 Å². The first kappa shape index (κ1) is 32.9. The molecule has 0 heterocycles. The van der Waals surface area contributed by atoms with Gasteiger partial charge in [0.05, 0.1) is 20.7 Å². The summed E-state index contributed by atoms with van der Waals surface area (Å²) in [5.74, 6) is -1.01. The Morgan fingerprint density at radius 3 is 1.97 bits per heavy atom. The van der Waals surface area contributed by atoms with Crippen LogP contribution in [0.3, 0.4) is 0 Å². The first-order valence-electron chi connectivity index (χ1n) is 11.4. The van der Waals surface area contributed by atoms with Crippen LogP contribution in [0.5, 0.6) is 11.5 Å². The highest BCUT2D eigenvalue weighted by molar-refractivity contribution is 14.1. The predicted molar refractivity (Wildman–Crippen MR) is 151 cm³/mol. The molecule has 2 rings (SSSR count). The average molecular weight is 717 g/mol. The predicted octanol–water partition coefficient (Wildman–Crippen LogP) is 4.53. The standard InChI is InChI=1S/C25H27Cl2IO10S/c1-15(29)34-13-21(38-17(3)31)14-35-19-4-6-22(7-5-19)39(32,33)23-8-18(11-28)25(24(27)9-23)36-12-20(10-26)37-16(2)30/h4-9,20-21H,10-14H2,1-3H3/t20-,21-/m0/s1. The quantitative estimate of drug-likeness (QED) is 0.119. The van der Waals surface area contributed by atoms with Crippen LogP contribution in [0.15, 0.2) is 46.2 Å². The molecule has 14 heteroatoms.